The van der Waals surface area contributed by atoms with Crippen LogP contribution in [0.15, 0.2) is 66.7 Å². The van der Waals surface area contributed by atoms with Gasteiger partial charge in [0.05, 0.1) is 17.7 Å². The minimum atomic E-state index is -0.730. The molecular formula is C27H29N3O3. The van der Waals surface area contributed by atoms with E-state index in [0.717, 1.165) is 29.2 Å². The molecule has 1 fully saturated rings. The Morgan fingerprint density at radius 2 is 1.61 bits per heavy atom. The molecule has 0 saturated heterocycles. The quantitative estimate of drug-likeness (QED) is 0.491. The van der Waals surface area contributed by atoms with Gasteiger partial charge in [0.2, 0.25) is 11.8 Å². The first-order valence-electron chi connectivity index (χ1n) is 11.4. The van der Waals surface area contributed by atoms with Crippen LogP contribution >= 0.6 is 0 Å². The van der Waals surface area contributed by atoms with Gasteiger partial charge in [-0.25, -0.2) is 0 Å². The van der Waals surface area contributed by atoms with E-state index in [1.807, 2.05) is 56.3 Å². The van der Waals surface area contributed by atoms with Crippen LogP contribution < -0.4 is 16.0 Å². The number of amides is 3. The number of benzene rings is 3. The van der Waals surface area contributed by atoms with E-state index in [2.05, 4.69) is 16.0 Å². The monoisotopic (exact) mass is 443 g/mol. The third-order valence-electron chi connectivity index (χ3n) is 5.84. The van der Waals surface area contributed by atoms with E-state index >= 15 is 0 Å². The molecule has 1 unspecified atom stereocenters. The maximum atomic E-state index is 13.1. The Morgan fingerprint density at radius 3 is 2.36 bits per heavy atom. The van der Waals surface area contributed by atoms with Gasteiger partial charge in [-0.2, -0.15) is 0 Å². The molecule has 3 amide bonds. The number of nitrogens with one attached hydrogen (secondary N) is 3. The Balaban J connectivity index is 1.46. The van der Waals surface area contributed by atoms with Crippen molar-refractivity contribution < 1.29 is 14.4 Å². The van der Waals surface area contributed by atoms with Crippen LogP contribution in [0.5, 0.6) is 0 Å². The molecule has 1 saturated carbocycles. The Morgan fingerprint density at radius 1 is 0.909 bits per heavy atom. The van der Waals surface area contributed by atoms with Crippen molar-refractivity contribution >= 4 is 34.2 Å². The lowest BCUT2D eigenvalue weighted by Gasteiger charge is -2.22. The first kappa shape index (κ1) is 22.5. The van der Waals surface area contributed by atoms with E-state index in [1.165, 1.54) is 0 Å². The van der Waals surface area contributed by atoms with E-state index in [-0.39, 0.29) is 36.1 Å². The molecule has 3 N–H and O–H groups in total. The zero-order chi connectivity index (χ0) is 23.4. The predicted molar refractivity (Wildman–Crippen MR) is 130 cm³/mol. The highest BCUT2D eigenvalue weighted by atomic mass is 16.2. The summed E-state index contributed by atoms with van der Waals surface area (Å²) >= 11 is 0. The molecule has 3 aromatic rings. The van der Waals surface area contributed by atoms with E-state index in [9.17, 15) is 14.4 Å². The van der Waals surface area contributed by atoms with Crippen LogP contribution in [0.2, 0.25) is 0 Å². The van der Waals surface area contributed by atoms with E-state index in [0.29, 0.717) is 11.3 Å². The summed E-state index contributed by atoms with van der Waals surface area (Å²) in [5, 5.41) is 10.8. The number of anilines is 1. The average Bonchev–Trinajstić information content (AvgIpc) is 3.62. The summed E-state index contributed by atoms with van der Waals surface area (Å²) < 4.78 is 0. The van der Waals surface area contributed by atoms with Crippen LogP contribution in [0.4, 0.5) is 5.69 Å². The van der Waals surface area contributed by atoms with Crippen LogP contribution in [-0.4, -0.2) is 29.8 Å². The van der Waals surface area contributed by atoms with E-state index < -0.39 is 6.04 Å². The summed E-state index contributed by atoms with van der Waals surface area (Å²) in [5.41, 5.74) is 1.77. The Bertz CT molecular complexity index is 1180. The average molecular weight is 444 g/mol. The van der Waals surface area contributed by atoms with E-state index in [4.69, 9.17) is 0 Å². The molecule has 1 aliphatic carbocycles. The van der Waals surface area contributed by atoms with Crippen LogP contribution in [0.3, 0.4) is 0 Å². The molecule has 1 aliphatic rings. The third kappa shape index (κ3) is 5.58. The second-order valence-electron chi connectivity index (χ2n) is 8.89. The van der Waals surface area contributed by atoms with Crippen molar-refractivity contribution in [3.05, 3.63) is 77.9 Å². The first-order valence-corrected chi connectivity index (χ1v) is 11.4. The molecular weight excluding hydrogens is 414 g/mol. The Hall–Kier alpha value is -3.67. The fraction of sp³-hybridized carbons (Fsp3) is 0.296. The topological polar surface area (TPSA) is 87.3 Å². The van der Waals surface area contributed by atoms with Gasteiger partial charge in [-0.15, -0.1) is 0 Å². The summed E-state index contributed by atoms with van der Waals surface area (Å²) in [6.07, 6.45) is 2.15. The number of para-hydroxylation sites is 1. The number of hydrogen-bond acceptors (Lipinski definition) is 3. The van der Waals surface area contributed by atoms with Crippen molar-refractivity contribution in [1.82, 2.24) is 10.6 Å². The minimum absolute atomic E-state index is 0.131. The van der Waals surface area contributed by atoms with Gasteiger partial charge in [-0.3, -0.25) is 14.4 Å². The first-order chi connectivity index (χ1) is 15.9. The molecule has 6 nitrogen and oxygen atoms in total. The van der Waals surface area contributed by atoms with Gasteiger partial charge in [0.15, 0.2) is 0 Å². The normalized spacial score (nSPS) is 14.0. The SMILES string of the molecule is CC(C)C(NC(=O)Cc1cccc2ccccc12)C(=O)Nc1ccccc1C(=O)NC1CC1. The van der Waals surface area contributed by atoms with Crippen molar-refractivity contribution in [3.63, 3.8) is 0 Å². The summed E-state index contributed by atoms with van der Waals surface area (Å²) in [6.45, 7) is 3.77. The predicted octanol–water partition coefficient (Wildman–Crippen LogP) is 4.05. The zero-order valence-electron chi connectivity index (χ0n) is 18.9. The van der Waals surface area contributed by atoms with Crippen LogP contribution in [0.1, 0.15) is 42.6 Å². The smallest absolute Gasteiger partial charge is 0.253 e. The van der Waals surface area contributed by atoms with Crippen molar-refractivity contribution in [2.45, 2.75) is 45.2 Å². The fourth-order valence-corrected chi connectivity index (χ4v) is 3.87. The van der Waals surface area contributed by atoms with Gasteiger partial charge >= 0.3 is 0 Å². The van der Waals surface area contributed by atoms with Crippen molar-refractivity contribution in [3.8, 4) is 0 Å². The summed E-state index contributed by atoms with van der Waals surface area (Å²) in [5.74, 6) is -0.897. The molecule has 0 radical (unpaired) electrons. The molecule has 4 rings (SSSR count). The molecule has 1 atom stereocenters. The third-order valence-corrected chi connectivity index (χ3v) is 5.84. The van der Waals surface area contributed by atoms with Gasteiger partial charge in [0, 0.05) is 6.04 Å². The van der Waals surface area contributed by atoms with Gasteiger partial charge in [0.1, 0.15) is 6.04 Å². The lowest BCUT2D eigenvalue weighted by Crippen LogP contribution is -2.47. The van der Waals surface area contributed by atoms with Crippen molar-refractivity contribution in [2.24, 2.45) is 5.92 Å². The number of hydrogen-bond donors (Lipinski definition) is 3. The Labute approximate surface area is 193 Å². The highest BCUT2D eigenvalue weighted by Crippen LogP contribution is 2.22. The molecule has 33 heavy (non-hydrogen) atoms. The largest absolute Gasteiger partial charge is 0.349 e. The molecule has 170 valence electrons. The van der Waals surface area contributed by atoms with Crippen LogP contribution in [0, 0.1) is 5.92 Å². The highest BCUT2D eigenvalue weighted by molar-refractivity contribution is 6.05. The number of fused-ring (bicyclic) bond motifs is 1. The van der Waals surface area contributed by atoms with Crippen LogP contribution in [-0.2, 0) is 16.0 Å². The van der Waals surface area contributed by atoms with E-state index in [1.54, 1.807) is 24.3 Å². The van der Waals surface area contributed by atoms with Gasteiger partial charge in [-0.05, 0) is 47.2 Å². The van der Waals surface area contributed by atoms with Crippen molar-refractivity contribution in [1.29, 1.82) is 0 Å². The summed E-state index contributed by atoms with van der Waals surface area (Å²) in [4.78, 5) is 38.5. The second-order valence-corrected chi connectivity index (χ2v) is 8.89. The molecule has 0 bridgehead atoms. The van der Waals surface area contributed by atoms with Crippen molar-refractivity contribution in [2.75, 3.05) is 5.32 Å². The zero-order valence-corrected chi connectivity index (χ0v) is 18.9. The number of carbonyl (C=O) groups is 3. The summed E-state index contributed by atoms with van der Waals surface area (Å²) in [6, 6.07) is 20.2. The number of carbonyl (C=O) groups excluding carboxylic acids is 3. The Kier molecular flexibility index (Phi) is 6.73. The second kappa shape index (κ2) is 9.86. The molecule has 0 spiro atoms. The molecule has 6 heteroatoms. The molecule has 0 heterocycles. The van der Waals surface area contributed by atoms with Gasteiger partial charge < -0.3 is 16.0 Å². The van der Waals surface area contributed by atoms with Crippen LogP contribution in [0.25, 0.3) is 10.8 Å². The maximum absolute atomic E-state index is 13.1. The van der Waals surface area contributed by atoms with Gasteiger partial charge in [-0.1, -0.05) is 68.4 Å². The minimum Gasteiger partial charge on any atom is -0.349 e. The molecule has 3 aromatic carbocycles. The summed E-state index contributed by atoms with van der Waals surface area (Å²) in [7, 11) is 0. The fourth-order valence-electron chi connectivity index (χ4n) is 3.87. The maximum Gasteiger partial charge on any atom is 0.253 e. The molecule has 0 aliphatic heterocycles. The number of rotatable bonds is 8. The lowest BCUT2D eigenvalue weighted by atomic mass is 10.00. The molecule has 0 aromatic heterocycles. The lowest BCUT2D eigenvalue weighted by molar-refractivity contribution is -0.127. The van der Waals surface area contributed by atoms with Gasteiger partial charge in [0.25, 0.3) is 5.91 Å². The standard InChI is InChI=1S/C27H29N3O3/c1-17(2)25(30-24(31)16-19-10-7-9-18-8-3-4-11-21(18)19)27(33)29-23-13-6-5-12-22(23)26(32)28-20-14-15-20/h3-13,17,20,25H,14-16H2,1-2H3,(H,28,32)(H,29,33)(H,30,31). The highest BCUT2D eigenvalue weighted by Gasteiger charge is 2.27.